The molecule has 1 heterocycles. The number of aromatic nitrogens is 2. The minimum Gasteiger partial charge on any atom is -0.481 e. The first kappa shape index (κ1) is 14.9. The average molecular weight is 339 g/mol. The molecule has 0 fully saturated rings. The van der Waals surface area contributed by atoms with Gasteiger partial charge >= 0.3 is 0 Å². The molecule has 1 aromatic heterocycles. The first-order valence-corrected chi connectivity index (χ1v) is 7.16. The van der Waals surface area contributed by atoms with E-state index in [0.29, 0.717) is 6.54 Å². The van der Waals surface area contributed by atoms with Gasteiger partial charge < -0.3 is 15.8 Å². The minimum absolute atomic E-state index is 0.0580. The molecule has 20 heavy (non-hydrogen) atoms. The van der Waals surface area contributed by atoms with Gasteiger partial charge in [-0.1, -0.05) is 12.1 Å². The van der Waals surface area contributed by atoms with Gasteiger partial charge in [0.1, 0.15) is 0 Å². The summed E-state index contributed by atoms with van der Waals surface area (Å²) in [6.45, 7) is 2.41. The van der Waals surface area contributed by atoms with Crippen molar-refractivity contribution < 1.29 is 4.74 Å². The number of hydrogen-bond donors (Lipinski definition) is 2. The van der Waals surface area contributed by atoms with Gasteiger partial charge in [0.15, 0.2) is 0 Å². The zero-order valence-corrected chi connectivity index (χ0v) is 13.4. The highest BCUT2D eigenvalue weighted by atomic mass is 79.9. The van der Waals surface area contributed by atoms with Crippen molar-refractivity contribution in [2.45, 2.75) is 13.0 Å². The van der Waals surface area contributed by atoms with Crippen molar-refractivity contribution in [1.29, 1.82) is 0 Å². The van der Waals surface area contributed by atoms with Gasteiger partial charge in [-0.05, 0) is 35.0 Å². The second-order valence-electron chi connectivity index (χ2n) is 4.54. The third-order valence-corrected chi connectivity index (χ3v) is 3.89. The van der Waals surface area contributed by atoms with Gasteiger partial charge in [-0.25, -0.2) is 4.68 Å². The fourth-order valence-electron chi connectivity index (χ4n) is 2.31. The maximum atomic E-state index is 5.93. The molecule has 0 aliphatic heterocycles. The standard InChI is InChI=1S/C14H19BrN4O/c1-9-13(14(20-3)19(2)18-9)12(8-16)17-11-7-5-4-6-10(11)15/h4-7,12,17H,8,16H2,1-3H3. The maximum Gasteiger partial charge on any atom is 0.216 e. The molecule has 0 aliphatic rings. The number of nitrogens with zero attached hydrogens (tertiary/aromatic N) is 2. The van der Waals surface area contributed by atoms with Crippen LogP contribution >= 0.6 is 15.9 Å². The lowest BCUT2D eigenvalue weighted by molar-refractivity contribution is 0.367. The first-order chi connectivity index (χ1) is 9.58. The highest BCUT2D eigenvalue weighted by molar-refractivity contribution is 9.10. The summed E-state index contributed by atoms with van der Waals surface area (Å²) < 4.78 is 8.17. The molecular weight excluding hydrogens is 320 g/mol. The van der Waals surface area contributed by atoms with Gasteiger partial charge in [0.05, 0.1) is 24.4 Å². The number of benzene rings is 1. The number of hydrogen-bond acceptors (Lipinski definition) is 4. The molecule has 1 atom stereocenters. The molecule has 0 aliphatic carbocycles. The second kappa shape index (κ2) is 6.28. The highest BCUT2D eigenvalue weighted by Crippen LogP contribution is 2.32. The number of ether oxygens (including phenoxy) is 1. The van der Waals surface area contributed by atoms with Gasteiger partial charge in [-0.3, -0.25) is 0 Å². The van der Waals surface area contributed by atoms with Gasteiger partial charge in [-0.2, -0.15) is 5.10 Å². The largest absolute Gasteiger partial charge is 0.481 e. The van der Waals surface area contributed by atoms with Crippen LogP contribution in [0.4, 0.5) is 5.69 Å². The van der Waals surface area contributed by atoms with E-state index in [-0.39, 0.29) is 6.04 Å². The van der Waals surface area contributed by atoms with Crippen molar-refractivity contribution in [3.8, 4) is 5.88 Å². The second-order valence-corrected chi connectivity index (χ2v) is 5.40. The summed E-state index contributed by atoms with van der Waals surface area (Å²) in [5.41, 5.74) is 8.84. The lowest BCUT2D eigenvalue weighted by atomic mass is 10.1. The number of para-hydroxylation sites is 1. The third-order valence-electron chi connectivity index (χ3n) is 3.20. The topological polar surface area (TPSA) is 65.1 Å². The summed E-state index contributed by atoms with van der Waals surface area (Å²) >= 11 is 3.53. The predicted molar refractivity (Wildman–Crippen MR) is 84.1 cm³/mol. The summed E-state index contributed by atoms with van der Waals surface area (Å²) in [4.78, 5) is 0. The molecule has 0 spiro atoms. The number of methoxy groups -OCH3 is 1. The molecule has 5 nitrogen and oxygen atoms in total. The van der Waals surface area contributed by atoms with Crippen molar-refractivity contribution in [3.63, 3.8) is 0 Å². The fraction of sp³-hybridized carbons (Fsp3) is 0.357. The summed E-state index contributed by atoms with van der Waals surface area (Å²) in [6.07, 6.45) is 0. The van der Waals surface area contributed by atoms with Crippen LogP contribution in [0.15, 0.2) is 28.7 Å². The van der Waals surface area contributed by atoms with Crippen molar-refractivity contribution in [3.05, 3.63) is 40.0 Å². The van der Waals surface area contributed by atoms with Crippen LogP contribution in [0, 0.1) is 6.92 Å². The van der Waals surface area contributed by atoms with Crippen molar-refractivity contribution in [1.82, 2.24) is 9.78 Å². The quantitative estimate of drug-likeness (QED) is 0.879. The van der Waals surface area contributed by atoms with E-state index < -0.39 is 0 Å². The van der Waals surface area contributed by atoms with E-state index in [2.05, 4.69) is 26.3 Å². The Morgan fingerprint density at radius 3 is 2.75 bits per heavy atom. The molecule has 0 saturated heterocycles. The molecule has 108 valence electrons. The Hall–Kier alpha value is -1.53. The SMILES string of the molecule is COc1c(C(CN)Nc2ccccc2Br)c(C)nn1C. The van der Waals surface area contributed by atoms with Crippen LogP contribution < -0.4 is 15.8 Å². The lowest BCUT2D eigenvalue weighted by Crippen LogP contribution is -2.21. The number of anilines is 1. The third kappa shape index (κ3) is 2.81. The number of nitrogens with two attached hydrogens (primary N) is 1. The lowest BCUT2D eigenvalue weighted by Gasteiger charge is -2.20. The summed E-state index contributed by atoms with van der Waals surface area (Å²) in [5.74, 6) is 0.734. The molecule has 3 N–H and O–H groups in total. The van der Waals surface area contributed by atoms with E-state index in [1.54, 1.807) is 11.8 Å². The molecular formula is C14H19BrN4O. The van der Waals surface area contributed by atoms with E-state index in [4.69, 9.17) is 10.5 Å². The van der Waals surface area contributed by atoms with Crippen LogP contribution in [0.2, 0.25) is 0 Å². The molecule has 1 aromatic carbocycles. The van der Waals surface area contributed by atoms with Crippen LogP contribution in [-0.2, 0) is 7.05 Å². The van der Waals surface area contributed by atoms with Gasteiger partial charge in [0, 0.05) is 23.8 Å². The van der Waals surface area contributed by atoms with Crippen LogP contribution in [0.25, 0.3) is 0 Å². The normalized spacial score (nSPS) is 12.2. The van der Waals surface area contributed by atoms with Crippen molar-refractivity contribution >= 4 is 21.6 Å². The van der Waals surface area contributed by atoms with Gasteiger partial charge in [0.2, 0.25) is 5.88 Å². The van der Waals surface area contributed by atoms with E-state index in [9.17, 15) is 0 Å². The van der Waals surface area contributed by atoms with Gasteiger partial charge in [-0.15, -0.1) is 0 Å². The Morgan fingerprint density at radius 2 is 2.15 bits per heavy atom. The van der Waals surface area contributed by atoms with Gasteiger partial charge in [0.25, 0.3) is 0 Å². The molecule has 0 saturated carbocycles. The summed E-state index contributed by atoms with van der Waals surface area (Å²) in [7, 11) is 3.51. The van der Waals surface area contributed by atoms with E-state index in [0.717, 1.165) is 27.3 Å². The zero-order valence-electron chi connectivity index (χ0n) is 11.9. The van der Waals surface area contributed by atoms with Crippen molar-refractivity contribution in [2.24, 2.45) is 12.8 Å². The summed E-state index contributed by atoms with van der Waals surface area (Å²) in [5, 5.41) is 7.84. The zero-order chi connectivity index (χ0) is 14.7. The van der Waals surface area contributed by atoms with Crippen LogP contribution in [-0.4, -0.2) is 23.4 Å². The Kier molecular flexibility index (Phi) is 4.67. The molecule has 2 rings (SSSR count). The Balaban J connectivity index is 2.36. The number of rotatable bonds is 5. The number of nitrogens with one attached hydrogen (secondary N) is 1. The van der Waals surface area contributed by atoms with Crippen LogP contribution in [0.1, 0.15) is 17.3 Å². The highest BCUT2D eigenvalue weighted by Gasteiger charge is 2.22. The maximum absolute atomic E-state index is 5.93. The molecule has 0 radical (unpaired) electrons. The van der Waals surface area contributed by atoms with Crippen LogP contribution in [0.3, 0.4) is 0 Å². The number of halogens is 1. The average Bonchev–Trinajstić information content (AvgIpc) is 2.72. The minimum atomic E-state index is -0.0580. The predicted octanol–water partition coefficient (Wildman–Crippen LogP) is 2.61. The van der Waals surface area contributed by atoms with E-state index in [1.807, 2.05) is 38.2 Å². The molecule has 6 heteroatoms. The molecule has 0 amide bonds. The molecule has 2 aromatic rings. The molecule has 1 unspecified atom stereocenters. The first-order valence-electron chi connectivity index (χ1n) is 6.37. The molecule has 0 bridgehead atoms. The number of aryl methyl sites for hydroxylation is 2. The summed E-state index contributed by atoms with van der Waals surface area (Å²) in [6, 6.07) is 7.89. The van der Waals surface area contributed by atoms with E-state index in [1.165, 1.54) is 0 Å². The van der Waals surface area contributed by atoms with E-state index >= 15 is 0 Å². The van der Waals surface area contributed by atoms with Crippen molar-refractivity contribution in [2.75, 3.05) is 19.0 Å². The monoisotopic (exact) mass is 338 g/mol. The Morgan fingerprint density at radius 1 is 1.45 bits per heavy atom. The van der Waals surface area contributed by atoms with Crippen LogP contribution in [0.5, 0.6) is 5.88 Å². The smallest absolute Gasteiger partial charge is 0.216 e. The Bertz CT molecular complexity index is 597. The fourth-order valence-corrected chi connectivity index (χ4v) is 2.71. The Labute approximate surface area is 127 Å².